The number of H-pyrrole nitrogens is 1. The Hall–Kier alpha value is -1.36. The van der Waals surface area contributed by atoms with Crippen molar-refractivity contribution >= 4 is 5.91 Å². The Morgan fingerprint density at radius 1 is 1.53 bits per heavy atom. The zero-order valence-electron chi connectivity index (χ0n) is 10.4. The first-order valence-corrected chi connectivity index (χ1v) is 6.29. The molecule has 1 aromatic rings. The minimum Gasteiger partial charge on any atom is -0.333 e. The fraction of sp³-hybridized carbons (Fsp3) is 0.667. The van der Waals surface area contributed by atoms with Crippen LogP contribution in [0.15, 0.2) is 12.4 Å². The lowest BCUT2D eigenvalue weighted by Gasteiger charge is -2.39. The summed E-state index contributed by atoms with van der Waals surface area (Å²) < 4.78 is 0. The summed E-state index contributed by atoms with van der Waals surface area (Å²) in [5.74, 6) is 0.0885. The zero-order valence-corrected chi connectivity index (χ0v) is 10.4. The Labute approximate surface area is 102 Å². The van der Waals surface area contributed by atoms with Crippen LogP contribution in [-0.4, -0.2) is 46.2 Å². The Bertz CT molecular complexity index is 363. The molecule has 5 nitrogen and oxygen atoms in total. The SMILES string of the molecule is CCC1CN(C(=O)c2cn[nH]c2)C(CC)CN1. The number of carbonyl (C=O) groups excluding carboxylic acids is 1. The smallest absolute Gasteiger partial charge is 0.257 e. The fourth-order valence-corrected chi connectivity index (χ4v) is 2.28. The van der Waals surface area contributed by atoms with Gasteiger partial charge in [0.25, 0.3) is 5.91 Å². The topological polar surface area (TPSA) is 61.0 Å². The number of carbonyl (C=O) groups is 1. The van der Waals surface area contributed by atoms with Crippen LogP contribution in [0.25, 0.3) is 0 Å². The number of hydrogen-bond acceptors (Lipinski definition) is 3. The first-order chi connectivity index (χ1) is 8.26. The fourth-order valence-electron chi connectivity index (χ4n) is 2.28. The number of amides is 1. The van der Waals surface area contributed by atoms with E-state index >= 15 is 0 Å². The number of aromatic nitrogens is 2. The van der Waals surface area contributed by atoms with Gasteiger partial charge in [-0.2, -0.15) is 5.10 Å². The first kappa shape index (κ1) is 12.1. The molecule has 0 radical (unpaired) electrons. The third-order valence-electron chi connectivity index (χ3n) is 3.47. The number of piperazine rings is 1. The largest absolute Gasteiger partial charge is 0.333 e. The van der Waals surface area contributed by atoms with E-state index in [1.54, 1.807) is 12.4 Å². The molecule has 2 N–H and O–H groups in total. The molecule has 5 heteroatoms. The Morgan fingerprint density at radius 3 is 2.94 bits per heavy atom. The van der Waals surface area contributed by atoms with Crippen molar-refractivity contribution in [3.05, 3.63) is 18.0 Å². The summed E-state index contributed by atoms with van der Waals surface area (Å²) in [6.07, 6.45) is 5.29. The third-order valence-corrected chi connectivity index (χ3v) is 3.47. The lowest BCUT2D eigenvalue weighted by Crippen LogP contribution is -2.57. The average molecular weight is 236 g/mol. The van der Waals surface area contributed by atoms with E-state index in [0.29, 0.717) is 17.6 Å². The van der Waals surface area contributed by atoms with Crippen molar-refractivity contribution in [3.8, 4) is 0 Å². The molecule has 2 heterocycles. The van der Waals surface area contributed by atoms with Crippen molar-refractivity contribution < 1.29 is 4.79 Å². The van der Waals surface area contributed by atoms with Gasteiger partial charge in [-0.05, 0) is 12.8 Å². The van der Waals surface area contributed by atoms with Gasteiger partial charge in [0, 0.05) is 31.4 Å². The summed E-state index contributed by atoms with van der Waals surface area (Å²) in [5, 5.41) is 10.0. The molecule has 1 amide bonds. The van der Waals surface area contributed by atoms with E-state index < -0.39 is 0 Å². The van der Waals surface area contributed by atoms with Crippen LogP contribution in [0.3, 0.4) is 0 Å². The summed E-state index contributed by atoms with van der Waals surface area (Å²) in [6, 6.07) is 0.703. The van der Waals surface area contributed by atoms with Crippen LogP contribution in [0.2, 0.25) is 0 Å². The van der Waals surface area contributed by atoms with Gasteiger partial charge >= 0.3 is 0 Å². The number of nitrogens with zero attached hydrogens (tertiary/aromatic N) is 2. The second kappa shape index (κ2) is 5.31. The second-order valence-corrected chi connectivity index (χ2v) is 4.52. The highest BCUT2D eigenvalue weighted by Gasteiger charge is 2.30. The number of aromatic amines is 1. The molecule has 2 unspecified atom stereocenters. The van der Waals surface area contributed by atoms with Crippen LogP contribution in [0, 0.1) is 0 Å². The summed E-state index contributed by atoms with van der Waals surface area (Å²) in [7, 11) is 0. The number of nitrogens with one attached hydrogen (secondary N) is 2. The molecular weight excluding hydrogens is 216 g/mol. The van der Waals surface area contributed by atoms with Crippen LogP contribution in [0.5, 0.6) is 0 Å². The molecule has 94 valence electrons. The van der Waals surface area contributed by atoms with Crippen molar-refractivity contribution in [2.24, 2.45) is 0 Å². The van der Waals surface area contributed by atoms with E-state index in [9.17, 15) is 4.79 Å². The minimum atomic E-state index is 0.0885. The van der Waals surface area contributed by atoms with Gasteiger partial charge in [-0.1, -0.05) is 13.8 Å². The van der Waals surface area contributed by atoms with Gasteiger partial charge in [-0.25, -0.2) is 0 Å². The van der Waals surface area contributed by atoms with Crippen LogP contribution in [0.1, 0.15) is 37.0 Å². The van der Waals surface area contributed by atoms with Gasteiger partial charge in [-0.3, -0.25) is 9.89 Å². The van der Waals surface area contributed by atoms with E-state index in [0.717, 1.165) is 25.9 Å². The van der Waals surface area contributed by atoms with Gasteiger partial charge < -0.3 is 10.2 Å². The van der Waals surface area contributed by atoms with Crippen molar-refractivity contribution in [1.29, 1.82) is 0 Å². The van der Waals surface area contributed by atoms with Crippen LogP contribution in [0.4, 0.5) is 0 Å². The minimum absolute atomic E-state index is 0.0885. The van der Waals surface area contributed by atoms with Crippen LogP contribution in [-0.2, 0) is 0 Å². The molecule has 0 aliphatic carbocycles. The molecule has 1 fully saturated rings. The molecular formula is C12H20N4O. The molecule has 1 saturated heterocycles. The molecule has 17 heavy (non-hydrogen) atoms. The molecule has 0 spiro atoms. The monoisotopic (exact) mass is 236 g/mol. The Kier molecular flexibility index (Phi) is 3.78. The normalized spacial score (nSPS) is 24.9. The van der Waals surface area contributed by atoms with Crippen LogP contribution >= 0.6 is 0 Å². The van der Waals surface area contributed by atoms with E-state index in [4.69, 9.17) is 0 Å². The molecule has 0 aromatic carbocycles. The molecule has 0 bridgehead atoms. The third kappa shape index (κ3) is 2.49. The molecule has 1 aliphatic rings. The molecule has 2 atom stereocenters. The van der Waals surface area contributed by atoms with Gasteiger partial charge in [-0.15, -0.1) is 0 Å². The van der Waals surface area contributed by atoms with E-state index in [2.05, 4.69) is 29.4 Å². The lowest BCUT2D eigenvalue weighted by atomic mass is 10.0. The van der Waals surface area contributed by atoms with Crippen molar-refractivity contribution in [2.45, 2.75) is 38.8 Å². The Balaban J connectivity index is 2.12. The van der Waals surface area contributed by atoms with Crippen molar-refractivity contribution in [3.63, 3.8) is 0 Å². The van der Waals surface area contributed by atoms with Gasteiger partial charge in [0.1, 0.15) is 0 Å². The highest BCUT2D eigenvalue weighted by Crippen LogP contribution is 2.15. The molecule has 1 aliphatic heterocycles. The molecule has 2 rings (SSSR count). The van der Waals surface area contributed by atoms with Crippen molar-refractivity contribution in [1.82, 2.24) is 20.4 Å². The predicted octanol–water partition coefficient (Wildman–Crippen LogP) is 1.01. The van der Waals surface area contributed by atoms with Gasteiger partial charge in [0.05, 0.1) is 11.8 Å². The highest BCUT2D eigenvalue weighted by molar-refractivity contribution is 5.94. The van der Waals surface area contributed by atoms with E-state index in [1.165, 1.54) is 0 Å². The number of hydrogen-bond donors (Lipinski definition) is 2. The van der Waals surface area contributed by atoms with E-state index in [-0.39, 0.29) is 5.91 Å². The summed E-state index contributed by atoms with van der Waals surface area (Å²) in [5.41, 5.74) is 0.653. The van der Waals surface area contributed by atoms with Gasteiger partial charge in [0.15, 0.2) is 0 Å². The maximum absolute atomic E-state index is 12.3. The second-order valence-electron chi connectivity index (χ2n) is 4.52. The summed E-state index contributed by atoms with van der Waals surface area (Å²) in [6.45, 7) is 5.94. The highest BCUT2D eigenvalue weighted by atomic mass is 16.2. The quantitative estimate of drug-likeness (QED) is 0.823. The van der Waals surface area contributed by atoms with Crippen LogP contribution < -0.4 is 5.32 Å². The average Bonchev–Trinajstić information content (AvgIpc) is 2.91. The summed E-state index contributed by atoms with van der Waals surface area (Å²) >= 11 is 0. The zero-order chi connectivity index (χ0) is 12.3. The maximum Gasteiger partial charge on any atom is 0.257 e. The molecule has 1 aromatic heterocycles. The lowest BCUT2D eigenvalue weighted by molar-refractivity contribution is 0.0576. The Morgan fingerprint density at radius 2 is 2.35 bits per heavy atom. The predicted molar refractivity (Wildman–Crippen MR) is 65.8 cm³/mol. The number of rotatable bonds is 3. The standard InChI is InChI=1S/C12H20N4O/c1-3-10-8-16(11(4-2)7-13-10)12(17)9-5-14-15-6-9/h5-6,10-11,13H,3-4,7-8H2,1-2H3,(H,14,15). The van der Waals surface area contributed by atoms with Gasteiger partial charge in [0.2, 0.25) is 0 Å². The summed E-state index contributed by atoms with van der Waals surface area (Å²) in [4.78, 5) is 14.3. The van der Waals surface area contributed by atoms with E-state index in [1.807, 2.05) is 4.90 Å². The molecule has 0 saturated carbocycles. The first-order valence-electron chi connectivity index (χ1n) is 6.29. The van der Waals surface area contributed by atoms with Crippen molar-refractivity contribution in [2.75, 3.05) is 13.1 Å². The maximum atomic E-state index is 12.3.